The molecule has 2 atom stereocenters. The van der Waals surface area contributed by atoms with Crippen LogP contribution in [-0.2, 0) is 32.7 Å². The third-order valence-corrected chi connectivity index (χ3v) is 12.8. The molecule has 9 nitrogen and oxygen atoms in total. The molecule has 0 rings (SSSR count). The van der Waals surface area contributed by atoms with E-state index in [1.54, 1.807) is 0 Å². The molecular weight excluding hydrogens is 930 g/mol. The first-order valence-corrected chi connectivity index (χ1v) is 30.5. The summed E-state index contributed by atoms with van der Waals surface area (Å²) in [6.45, 7) is 3.58. The lowest BCUT2D eigenvalue weighted by atomic mass is 10.0. The molecular formula is C63H106NO8P. The number of hydrogen-bond acceptors (Lipinski definition) is 8. The van der Waals surface area contributed by atoms with Crippen molar-refractivity contribution in [2.75, 3.05) is 26.4 Å². The Balaban J connectivity index is 4.10. The number of carbonyl (C=O) groups excluding carboxylic acids is 2. The quantitative estimate of drug-likeness (QED) is 0.0264. The summed E-state index contributed by atoms with van der Waals surface area (Å²) >= 11 is 0. The molecule has 0 aromatic rings. The fraction of sp³-hybridized carbons (Fsp3) is 0.651. The molecule has 0 aliphatic carbocycles. The lowest BCUT2D eigenvalue weighted by Crippen LogP contribution is -2.29. The molecule has 0 bridgehead atoms. The van der Waals surface area contributed by atoms with Crippen molar-refractivity contribution in [3.8, 4) is 0 Å². The minimum Gasteiger partial charge on any atom is -0.462 e. The lowest BCUT2D eigenvalue weighted by molar-refractivity contribution is -0.161. The molecule has 0 aromatic carbocycles. The van der Waals surface area contributed by atoms with E-state index in [-0.39, 0.29) is 32.6 Å². The van der Waals surface area contributed by atoms with Crippen LogP contribution in [0.3, 0.4) is 0 Å². The standard InChI is InChI=1S/C63H106NO8P/c1-3-5-7-9-11-13-15-17-19-21-23-25-27-28-29-30-31-32-34-36-38-40-42-44-46-48-50-52-54-56-63(66)72-61(60-71-73(67,68)70-58-57-64)59-69-62(65)55-53-51-49-47-45-43-41-39-37-35-33-26-24-22-20-18-16-14-12-10-8-6-4-2/h5,7,11,13,16-19,22-25,28-29,31-32,36,38,42,44,61H,3-4,6,8-10,12,14-15,20-21,26-27,30,33-35,37,39-41,43,45-60,64H2,1-2H3,(H,67,68)/b7-5-,13-11-,18-16-,19-17-,24-22-,25-23-,29-28-,32-31-,38-36-,44-42-. The van der Waals surface area contributed by atoms with E-state index in [0.717, 1.165) is 109 Å². The van der Waals surface area contributed by atoms with E-state index < -0.39 is 32.5 Å². The van der Waals surface area contributed by atoms with Gasteiger partial charge in [-0.3, -0.25) is 18.6 Å². The Kier molecular flexibility index (Phi) is 54.8. The Morgan fingerprint density at radius 2 is 0.753 bits per heavy atom. The average molecular weight is 1040 g/mol. The van der Waals surface area contributed by atoms with E-state index in [4.69, 9.17) is 24.3 Å². The Bertz CT molecular complexity index is 1600. The molecule has 2 unspecified atom stereocenters. The Morgan fingerprint density at radius 3 is 1.12 bits per heavy atom. The fourth-order valence-corrected chi connectivity index (χ4v) is 8.33. The molecule has 10 heteroatoms. The maximum atomic E-state index is 12.7. The smallest absolute Gasteiger partial charge is 0.462 e. The van der Waals surface area contributed by atoms with Crippen molar-refractivity contribution in [1.82, 2.24) is 0 Å². The highest BCUT2D eigenvalue weighted by Crippen LogP contribution is 2.43. The largest absolute Gasteiger partial charge is 0.472 e. The predicted octanol–water partition coefficient (Wildman–Crippen LogP) is 18.4. The number of nitrogens with two attached hydrogens (primary N) is 1. The van der Waals surface area contributed by atoms with Gasteiger partial charge in [-0.15, -0.1) is 0 Å². The van der Waals surface area contributed by atoms with E-state index in [1.165, 1.54) is 89.9 Å². The number of esters is 2. The summed E-state index contributed by atoms with van der Waals surface area (Å²) in [5, 5.41) is 0. The maximum absolute atomic E-state index is 12.7. The summed E-state index contributed by atoms with van der Waals surface area (Å²) in [6, 6.07) is 0. The zero-order valence-electron chi connectivity index (χ0n) is 46.3. The van der Waals surface area contributed by atoms with Crippen molar-refractivity contribution in [2.45, 2.75) is 238 Å². The predicted molar refractivity (Wildman–Crippen MR) is 311 cm³/mol. The number of ether oxygens (including phenoxy) is 2. The van der Waals surface area contributed by atoms with Crippen LogP contribution in [0.25, 0.3) is 0 Å². The van der Waals surface area contributed by atoms with Crippen molar-refractivity contribution >= 4 is 19.8 Å². The van der Waals surface area contributed by atoms with Crippen LogP contribution >= 0.6 is 7.82 Å². The second-order valence-electron chi connectivity index (χ2n) is 18.8. The van der Waals surface area contributed by atoms with Crippen molar-refractivity contribution in [2.24, 2.45) is 5.73 Å². The summed E-state index contributed by atoms with van der Waals surface area (Å²) in [4.78, 5) is 35.2. The first-order valence-electron chi connectivity index (χ1n) is 29.0. The van der Waals surface area contributed by atoms with Crippen LogP contribution in [0.2, 0.25) is 0 Å². The van der Waals surface area contributed by atoms with E-state index in [2.05, 4.69) is 135 Å². The van der Waals surface area contributed by atoms with Crippen molar-refractivity contribution in [3.05, 3.63) is 122 Å². The van der Waals surface area contributed by atoms with Gasteiger partial charge in [0.05, 0.1) is 13.2 Å². The fourth-order valence-electron chi connectivity index (χ4n) is 7.56. The van der Waals surface area contributed by atoms with Gasteiger partial charge in [-0.25, -0.2) is 4.57 Å². The highest BCUT2D eigenvalue weighted by Gasteiger charge is 2.26. The third kappa shape index (κ3) is 57.5. The Morgan fingerprint density at radius 1 is 0.425 bits per heavy atom. The molecule has 0 radical (unpaired) electrons. The van der Waals surface area contributed by atoms with Crippen LogP contribution in [0.1, 0.15) is 232 Å². The molecule has 0 aromatic heterocycles. The van der Waals surface area contributed by atoms with E-state index in [9.17, 15) is 19.0 Å². The SMILES string of the molecule is CC/C=C\C/C=C\C/C=C\C/C=C\C/C=C\C/C=C\C/C=C\C/C=C\CCCCCCC(=O)OC(COC(=O)CCCCCCCCCCCCC/C=C\C/C=C\CCCCCCC)COP(=O)(O)OCCN. The summed E-state index contributed by atoms with van der Waals surface area (Å²) < 4.78 is 33.0. The highest BCUT2D eigenvalue weighted by atomic mass is 31.2. The van der Waals surface area contributed by atoms with Gasteiger partial charge in [-0.1, -0.05) is 232 Å². The van der Waals surface area contributed by atoms with Gasteiger partial charge in [0.15, 0.2) is 6.10 Å². The summed E-state index contributed by atoms with van der Waals surface area (Å²) in [5.74, 6) is -0.865. The van der Waals surface area contributed by atoms with Crippen molar-refractivity contribution in [3.63, 3.8) is 0 Å². The van der Waals surface area contributed by atoms with Gasteiger partial charge in [0.2, 0.25) is 0 Å². The monoisotopic (exact) mass is 1040 g/mol. The van der Waals surface area contributed by atoms with Gasteiger partial charge in [-0.05, 0) is 109 Å². The maximum Gasteiger partial charge on any atom is 0.472 e. The molecule has 0 spiro atoms. The molecule has 0 aliphatic heterocycles. The van der Waals surface area contributed by atoms with Crippen molar-refractivity contribution < 1.29 is 37.6 Å². The summed E-state index contributed by atoms with van der Waals surface area (Å²) in [6.07, 6.45) is 79.6. The number of allylic oxidation sites excluding steroid dienone is 20. The van der Waals surface area contributed by atoms with Crippen molar-refractivity contribution in [1.29, 1.82) is 0 Å². The van der Waals surface area contributed by atoms with Gasteiger partial charge in [0, 0.05) is 19.4 Å². The zero-order valence-corrected chi connectivity index (χ0v) is 47.2. The van der Waals surface area contributed by atoms with Crippen LogP contribution in [-0.4, -0.2) is 49.3 Å². The number of phosphoric acid groups is 1. The molecule has 0 amide bonds. The molecule has 3 N–H and O–H groups in total. The highest BCUT2D eigenvalue weighted by molar-refractivity contribution is 7.47. The topological polar surface area (TPSA) is 134 Å². The molecule has 73 heavy (non-hydrogen) atoms. The molecule has 416 valence electrons. The number of carbonyl (C=O) groups is 2. The minimum atomic E-state index is -4.40. The first-order chi connectivity index (χ1) is 35.8. The van der Waals surface area contributed by atoms with Crippen LogP contribution in [0, 0.1) is 0 Å². The van der Waals surface area contributed by atoms with Gasteiger partial charge in [-0.2, -0.15) is 0 Å². The van der Waals surface area contributed by atoms with E-state index in [1.807, 2.05) is 0 Å². The molecule has 0 aliphatic rings. The van der Waals surface area contributed by atoms with E-state index in [0.29, 0.717) is 6.42 Å². The number of unbranched alkanes of at least 4 members (excludes halogenated alkanes) is 20. The summed E-state index contributed by atoms with van der Waals surface area (Å²) in [7, 11) is -4.40. The number of rotatable bonds is 53. The van der Waals surface area contributed by atoms with Crippen LogP contribution < -0.4 is 5.73 Å². The van der Waals surface area contributed by atoms with Gasteiger partial charge >= 0.3 is 19.8 Å². The Hall–Kier alpha value is -3.59. The minimum absolute atomic E-state index is 0.0421. The van der Waals surface area contributed by atoms with Crippen LogP contribution in [0.5, 0.6) is 0 Å². The molecule has 0 fully saturated rings. The second-order valence-corrected chi connectivity index (χ2v) is 20.2. The molecule has 0 heterocycles. The molecule has 0 saturated carbocycles. The van der Waals surface area contributed by atoms with Crippen LogP contribution in [0.4, 0.5) is 0 Å². The summed E-state index contributed by atoms with van der Waals surface area (Å²) in [5.41, 5.74) is 5.38. The third-order valence-electron chi connectivity index (χ3n) is 11.8. The number of phosphoric ester groups is 1. The molecule has 0 saturated heterocycles. The second kappa shape index (κ2) is 57.7. The lowest BCUT2D eigenvalue weighted by Gasteiger charge is -2.19. The Labute approximate surface area is 447 Å². The van der Waals surface area contributed by atoms with Gasteiger partial charge in [0.1, 0.15) is 6.61 Å². The number of hydrogen-bond donors (Lipinski definition) is 2. The van der Waals surface area contributed by atoms with Gasteiger partial charge < -0.3 is 20.1 Å². The average Bonchev–Trinajstić information content (AvgIpc) is 3.38. The van der Waals surface area contributed by atoms with Crippen LogP contribution in [0.15, 0.2) is 122 Å². The van der Waals surface area contributed by atoms with E-state index >= 15 is 0 Å². The zero-order chi connectivity index (χ0) is 53.1. The van der Waals surface area contributed by atoms with Gasteiger partial charge in [0.25, 0.3) is 0 Å². The normalized spacial score (nSPS) is 14.0. The first kappa shape index (κ1) is 69.4.